The molecule has 0 spiro atoms. The van der Waals surface area contributed by atoms with Crippen LogP contribution < -0.4 is 11.3 Å². The van der Waals surface area contributed by atoms with Gasteiger partial charge in [0.1, 0.15) is 0 Å². The summed E-state index contributed by atoms with van der Waals surface area (Å²) in [4.78, 5) is 19.3. The lowest BCUT2D eigenvalue weighted by Gasteiger charge is -2.31. The topological polar surface area (TPSA) is 76.2 Å². The molecule has 0 amide bonds. The molecule has 1 aromatic carbocycles. The maximum atomic E-state index is 12.2. The largest absolute Gasteiger partial charge is 0.317 e. The van der Waals surface area contributed by atoms with E-state index in [-0.39, 0.29) is 23.9 Å². The number of fused-ring (bicyclic) bond motifs is 5. The molecule has 3 N–H and O–H groups in total. The van der Waals surface area contributed by atoms with Crippen LogP contribution >= 0.6 is 12.4 Å². The fourth-order valence-corrected chi connectivity index (χ4v) is 3.38. The van der Waals surface area contributed by atoms with E-state index in [1.165, 1.54) is 0 Å². The van der Waals surface area contributed by atoms with Crippen LogP contribution in [0.4, 0.5) is 0 Å². The average molecular weight is 317 g/mol. The fourth-order valence-electron chi connectivity index (χ4n) is 3.38. The third-order valence-electron chi connectivity index (χ3n) is 4.50. The molecule has 1 atom stereocenters. The molecular formula is C16H17ClN4O. The lowest BCUT2D eigenvalue weighted by Crippen LogP contribution is -2.43. The molecule has 0 radical (unpaired) electrons. The number of rotatable bonds is 1. The average Bonchev–Trinajstić information content (AvgIpc) is 3.03. The third kappa shape index (κ3) is 1.58. The third-order valence-corrected chi connectivity index (χ3v) is 4.50. The summed E-state index contributed by atoms with van der Waals surface area (Å²) < 4.78 is 1.83. The first-order valence-corrected chi connectivity index (χ1v) is 7.03. The molecule has 1 aliphatic carbocycles. The molecule has 22 heavy (non-hydrogen) atoms. The predicted molar refractivity (Wildman–Crippen MR) is 88.3 cm³/mol. The Morgan fingerprint density at radius 3 is 2.77 bits per heavy atom. The second-order valence-electron chi connectivity index (χ2n) is 5.87. The van der Waals surface area contributed by atoms with Crippen LogP contribution in [0.1, 0.15) is 25.1 Å². The maximum absolute atomic E-state index is 12.2. The molecule has 0 saturated heterocycles. The minimum absolute atomic E-state index is 0. The van der Waals surface area contributed by atoms with E-state index in [0.29, 0.717) is 5.65 Å². The highest BCUT2D eigenvalue weighted by Gasteiger charge is 2.45. The van der Waals surface area contributed by atoms with Gasteiger partial charge in [-0.05, 0) is 11.5 Å². The van der Waals surface area contributed by atoms with Gasteiger partial charge in [0.15, 0.2) is 0 Å². The Balaban J connectivity index is 0.00000144. The molecule has 5 nitrogen and oxygen atoms in total. The molecule has 1 aliphatic rings. The highest BCUT2D eigenvalue weighted by Crippen LogP contribution is 2.47. The summed E-state index contributed by atoms with van der Waals surface area (Å²) in [5, 5.41) is 0. The summed E-state index contributed by atoms with van der Waals surface area (Å²) in [7, 11) is 0. The molecule has 2 aromatic heterocycles. The molecule has 4 rings (SSSR count). The summed E-state index contributed by atoms with van der Waals surface area (Å²) in [6.45, 7) is 4.19. The monoisotopic (exact) mass is 316 g/mol. The first-order chi connectivity index (χ1) is 10.0. The van der Waals surface area contributed by atoms with Gasteiger partial charge in [0.05, 0.1) is 16.9 Å². The number of nitrogens with zero attached hydrogens (tertiary/aromatic N) is 2. The van der Waals surface area contributed by atoms with Crippen LogP contribution in [0.25, 0.3) is 16.9 Å². The second-order valence-corrected chi connectivity index (χ2v) is 5.87. The summed E-state index contributed by atoms with van der Waals surface area (Å²) >= 11 is 0. The van der Waals surface area contributed by atoms with Crippen molar-refractivity contribution in [3.8, 4) is 11.3 Å². The first-order valence-electron chi connectivity index (χ1n) is 7.03. The maximum Gasteiger partial charge on any atom is 0.292 e. The van der Waals surface area contributed by atoms with Crippen LogP contribution in [0.3, 0.4) is 0 Å². The van der Waals surface area contributed by atoms with E-state index in [1.807, 2.05) is 28.7 Å². The second kappa shape index (κ2) is 4.69. The van der Waals surface area contributed by atoms with Crippen LogP contribution in [0.15, 0.2) is 41.5 Å². The van der Waals surface area contributed by atoms with Gasteiger partial charge in [-0.2, -0.15) is 0 Å². The van der Waals surface area contributed by atoms with Crippen molar-refractivity contribution < 1.29 is 0 Å². The van der Waals surface area contributed by atoms with Gasteiger partial charge in [0.2, 0.25) is 5.65 Å². The van der Waals surface area contributed by atoms with Gasteiger partial charge in [-0.15, -0.1) is 12.4 Å². The predicted octanol–water partition coefficient (Wildman–Crippen LogP) is 2.28. The quantitative estimate of drug-likeness (QED) is 0.723. The molecular weight excluding hydrogens is 300 g/mol. The SMILES string of the molecule is CC(C)C1(N)c2ccccc2-c2[nH]c(=O)c3nccn3c21.Cl. The van der Waals surface area contributed by atoms with Crippen LogP contribution in [0, 0.1) is 5.92 Å². The van der Waals surface area contributed by atoms with E-state index < -0.39 is 5.54 Å². The normalized spacial score (nSPS) is 19.1. The lowest BCUT2D eigenvalue weighted by molar-refractivity contribution is 0.379. The molecule has 6 heteroatoms. The zero-order valence-corrected chi connectivity index (χ0v) is 13.1. The van der Waals surface area contributed by atoms with E-state index in [9.17, 15) is 4.79 Å². The molecule has 3 aromatic rings. The van der Waals surface area contributed by atoms with Gasteiger partial charge in [-0.25, -0.2) is 4.98 Å². The zero-order chi connectivity index (χ0) is 14.8. The minimum atomic E-state index is -0.644. The number of H-pyrrole nitrogens is 1. The van der Waals surface area contributed by atoms with Crippen molar-refractivity contribution in [2.45, 2.75) is 19.4 Å². The molecule has 0 saturated carbocycles. The highest BCUT2D eigenvalue weighted by molar-refractivity contribution is 5.85. The molecule has 0 aliphatic heterocycles. The number of nitrogens with one attached hydrogen (secondary N) is 1. The van der Waals surface area contributed by atoms with Crippen molar-refractivity contribution in [3.63, 3.8) is 0 Å². The van der Waals surface area contributed by atoms with Crippen molar-refractivity contribution in [1.82, 2.24) is 14.4 Å². The lowest BCUT2D eigenvalue weighted by atomic mass is 9.81. The van der Waals surface area contributed by atoms with Crippen LogP contribution in [0.2, 0.25) is 0 Å². The smallest absolute Gasteiger partial charge is 0.292 e. The Labute approximate surface area is 133 Å². The van der Waals surface area contributed by atoms with E-state index in [4.69, 9.17) is 5.73 Å². The summed E-state index contributed by atoms with van der Waals surface area (Å²) in [6, 6.07) is 7.99. The van der Waals surface area contributed by atoms with E-state index >= 15 is 0 Å². The number of benzene rings is 1. The number of nitrogens with two attached hydrogens (primary N) is 1. The Kier molecular flexibility index (Phi) is 3.16. The van der Waals surface area contributed by atoms with Gasteiger partial charge in [-0.3, -0.25) is 9.20 Å². The number of imidazole rings is 1. The number of aromatic amines is 1. The fraction of sp³-hybridized carbons (Fsp3) is 0.250. The number of aromatic nitrogens is 3. The Morgan fingerprint density at radius 2 is 2.05 bits per heavy atom. The molecule has 114 valence electrons. The van der Waals surface area contributed by atoms with E-state index in [0.717, 1.165) is 22.5 Å². The van der Waals surface area contributed by atoms with Crippen molar-refractivity contribution in [2.24, 2.45) is 11.7 Å². The summed E-state index contributed by atoms with van der Waals surface area (Å²) in [5.41, 5.74) is 10.1. The van der Waals surface area contributed by atoms with Crippen molar-refractivity contribution in [2.75, 3.05) is 0 Å². The zero-order valence-electron chi connectivity index (χ0n) is 12.3. The van der Waals surface area contributed by atoms with Crippen LogP contribution in [0.5, 0.6) is 0 Å². The summed E-state index contributed by atoms with van der Waals surface area (Å²) in [6.07, 6.45) is 3.44. The Bertz CT molecular complexity index is 927. The number of halogens is 1. The minimum Gasteiger partial charge on any atom is -0.317 e. The van der Waals surface area contributed by atoms with Gasteiger partial charge < -0.3 is 10.7 Å². The molecule has 0 fully saturated rings. The molecule has 1 unspecified atom stereocenters. The summed E-state index contributed by atoms with van der Waals surface area (Å²) in [5.74, 6) is 0.177. The first kappa shape index (κ1) is 14.8. The van der Waals surface area contributed by atoms with Crippen molar-refractivity contribution in [1.29, 1.82) is 0 Å². The highest BCUT2D eigenvalue weighted by atomic mass is 35.5. The van der Waals surface area contributed by atoms with E-state index in [2.05, 4.69) is 23.8 Å². The molecule has 0 bridgehead atoms. The van der Waals surface area contributed by atoms with Gasteiger partial charge in [0, 0.05) is 18.0 Å². The van der Waals surface area contributed by atoms with Gasteiger partial charge in [-0.1, -0.05) is 38.1 Å². The number of hydrogen-bond acceptors (Lipinski definition) is 3. The van der Waals surface area contributed by atoms with Crippen molar-refractivity contribution in [3.05, 3.63) is 58.3 Å². The van der Waals surface area contributed by atoms with E-state index in [1.54, 1.807) is 12.4 Å². The van der Waals surface area contributed by atoms with Crippen molar-refractivity contribution >= 4 is 18.1 Å². The molecule has 2 heterocycles. The standard InChI is InChI=1S/C16H16N4O.ClH/c1-9(2)16(17)11-6-4-3-5-10(11)12-13(16)20-8-7-18-14(20)15(21)19-12;/h3-9H,17H2,1-2H3,(H,19,21);1H. The Hall–Kier alpha value is -2.11. The number of hydrogen-bond donors (Lipinski definition) is 2. The van der Waals surface area contributed by atoms with Crippen LogP contribution in [-0.4, -0.2) is 14.4 Å². The van der Waals surface area contributed by atoms with Gasteiger partial charge in [0.25, 0.3) is 5.56 Å². The Morgan fingerprint density at radius 1 is 1.32 bits per heavy atom. The van der Waals surface area contributed by atoms with Gasteiger partial charge >= 0.3 is 0 Å². The van der Waals surface area contributed by atoms with Crippen LogP contribution in [-0.2, 0) is 5.54 Å².